The van der Waals surface area contributed by atoms with Crippen LogP contribution >= 0.6 is 11.6 Å². The summed E-state index contributed by atoms with van der Waals surface area (Å²) in [5, 5.41) is 9.25. The van der Waals surface area contributed by atoms with E-state index in [1.54, 1.807) is 11.8 Å². The van der Waals surface area contributed by atoms with Gasteiger partial charge in [-0.2, -0.15) is 5.10 Å². The zero-order valence-corrected chi connectivity index (χ0v) is 15.7. The Hall–Kier alpha value is -2.37. The molecule has 6 heteroatoms. The molecule has 0 radical (unpaired) electrons. The van der Waals surface area contributed by atoms with Gasteiger partial charge in [-0.1, -0.05) is 41.9 Å². The zero-order valence-electron chi connectivity index (χ0n) is 14.9. The van der Waals surface area contributed by atoms with E-state index in [9.17, 15) is 4.79 Å². The van der Waals surface area contributed by atoms with Crippen molar-refractivity contribution in [2.45, 2.75) is 19.4 Å². The number of halogens is 1. The third-order valence-electron chi connectivity index (χ3n) is 4.29. The van der Waals surface area contributed by atoms with Crippen molar-refractivity contribution in [2.24, 2.45) is 0 Å². The molecule has 3 rings (SSSR count). The summed E-state index contributed by atoms with van der Waals surface area (Å²) in [6.45, 7) is 3.05. The lowest BCUT2D eigenvalue weighted by Crippen LogP contribution is -2.32. The first-order valence-corrected chi connectivity index (χ1v) is 8.99. The van der Waals surface area contributed by atoms with Crippen LogP contribution in [0.3, 0.4) is 0 Å². The average molecular weight is 372 g/mol. The Balaban J connectivity index is 1.95. The second-order valence-corrected chi connectivity index (χ2v) is 6.57. The molecule has 0 bridgehead atoms. The second-order valence-electron chi connectivity index (χ2n) is 6.13. The van der Waals surface area contributed by atoms with Gasteiger partial charge in [0.15, 0.2) is 0 Å². The highest BCUT2D eigenvalue weighted by Crippen LogP contribution is 2.31. The van der Waals surface area contributed by atoms with Crippen molar-refractivity contribution >= 4 is 28.4 Å². The molecular formula is C20H22ClN3O2. The van der Waals surface area contributed by atoms with Crippen LogP contribution in [0.5, 0.6) is 0 Å². The number of nitrogens with one attached hydrogen (secondary N) is 1. The molecule has 1 N–H and O–H groups in total. The smallest absolute Gasteiger partial charge is 0.244 e. The molecule has 0 saturated carbocycles. The SMILES string of the molecule is COCCCNC(=O)[C@@H](C)n1nc(-c2ccccc2)c2cc(Cl)ccc21. The number of fused-ring (bicyclic) bond motifs is 1. The van der Waals surface area contributed by atoms with Crippen LogP contribution in [0.1, 0.15) is 19.4 Å². The quantitative estimate of drug-likeness (QED) is 0.637. The van der Waals surface area contributed by atoms with Crippen LogP contribution < -0.4 is 5.32 Å². The first kappa shape index (κ1) is 18.4. The molecule has 1 atom stereocenters. The maximum Gasteiger partial charge on any atom is 0.244 e. The lowest BCUT2D eigenvalue weighted by atomic mass is 10.1. The molecule has 1 heterocycles. The average Bonchev–Trinajstić information content (AvgIpc) is 3.03. The summed E-state index contributed by atoms with van der Waals surface area (Å²) in [5.41, 5.74) is 2.70. The predicted molar refractivity (Wildman–Crippen MR) is 104 cm³/mol. The topological polar surface area (TPSA) is 56.1 Å². The summed E-state index contributed by atoms with van der Waals surface area (Å²) in [7, 11) is 1.65. The first-order chi connectivity index (χ1) is 12.6. The van der Waals surface area contributed by atoms with Crippen LogP contribution in [-0.4, -0.2) is 35.9 Å². The summed E-state index contributed by atoms with van der Waals surface area (Å²) in [6.07, 6.45) is 0.777. The fourth-order valence-corrected chi connectivity index (χ4v) is 3.08. The van der Waals surface area contributed by atoms with Gasteiger partial charge in [0.05, 0.1) is 5.52 Å². The molecule has 0 aliphatic carbocycles. The number of ether oxygens (including phenoxy) is 1. The molecule has 0 saturated heterocycles. The Kier molecular flexibility index (Phi) is 5.91. The first-order valence-electron chi connectivity index (χ1n) is 8.61. The van der Waals surface area contributed by atoms with Gasteiger partial charge in [-0.15, -0.1) is 0 Å². The van der Waals surface area contributed by atoms with Gasteiger partial charge >= 0.3 is 0 Å². The molecule has 136 valence electrons. The summed E-state index contributed by atoms with van der Waals surface area (Å²) >= 11 is 6.20. The van der Waals surface area contributed by atoms with Gasteiger partial charge in [-0.25, -0.2) is 0 Å². The highest BCUT2D eigenvalue weighted by molar-refractivity contribution is 6.31. The molecule has 3 aromatic rings. The fourth-order valence-electron chi connectivity index (χ4n) is 2.90. The molecule has 1 aromatic heterocycles. The van der Waals surface area contributed by atoms with Gasteiger partial charge in [-0.3, -0.25) is 9.48 Å². The van der Waals surface area contributed by atoms with E-state index in [-0.39, 0.29) is 5.91 Å². The highest BCUT2D eigenvalue weighted by atomic mass is 35.5. The van der Waals surface area contributed by atoms with Crippen molar-refractivity contribution in [3.8, 4) is 11.3 Å². The van der Waals surface area contributed by atoms with Gasteiger partial charge in [0, 0.05) is 36.2 Å². The number of rotatable bonds is 7. The van der Waals surface area contributed by atoms with Crippen LogP contribution in [0.25, 0.3) is 22.2 Å². The van der Waals surface area contributed by atoms with Crippen molar-refractivity contribution in [2.75, 3.05) is 20.3 Å². The number of benzene rings is 2. The minimum atomic E-state index is -0.432. The molecule has 0 spiro atoms. The molecule has 2 aromatic carbocycles. The number of amides is 1. The summed E-state index contributed by atoms with van der Waals surface area (Å²) in [6, 6.07) is 15.1. The number of hydrogen-bond donors (Lipinski definition) is 1. The monoisotopic (exact) mass is 371 g/mol. The van der Waals surface area contributed by atoms with Gasteiger partial charge in [0.1, 0.15) is 11.7 Å². The normalized spacial score (nSPS) is 12.3. The molecule has 0 unspecified atom stereocenters. The molecule has 0 aliphatic heterocycles. The number of hydrogen-bond acceptors (Lipinski definition) is 3. The van der Waals surface area contributed by atoms with Crippen molar-refractivity contribution in [3.63, 3.8) is 0 Å². The molecule has 1 amide bonds. The van der Waals surface area contributed by atoms with E-state index in [4.69, 9.17) is 21.4 Å². The third-order valence-corrected chi connectivity index (χ3v) is 4.52. The van der Waals surface area contributed by atoms with E-state index in [2.05, 4.69) is 5.32 Å². The lowest BCUT2D eigenvalue weighted by Gasteiger charge is -2.14. The minimum Gasteiger partial charge on any atom is -0.385 e. The Morgan fingerprint density at radius 1 is 1.27 bits per heavy atom. The Bertz CT molecular complexity index is 893. The summed E-state index contributed by atoms with van der Waals surface area (Å²) in [4.78, 5) is 12.5. The molecular weight excluding hydrogens is 350 g/mol. The van der Waals surface area contributed by atoms with E-state index < -0.39 is 6.04 Å². The number of carbonyl (C=O) groups excluding carboxylic acids is 1. The number of nitrogens with zero attached hydrogens (tertiary/aromatic N) is 2. The van der Waals surface area contributed by atoms with Crippen LogP contribution in [0, 0.1) is 0 Å². The largest absolute Gasteiger partial charge is 0.385 e. The van der Waals surface area contributed by atoms with E-state index in [0.29, 0.717) is 18.2 Å². The van der Waals surface area contributed by atoms with Crippen LogP contribution in [0.15, 0.2) is 48.5 Å². The van der Waals surface area contributed by atoms with E-state index in [1.807, 2.05) is 55.5 Å². The van der Waals surface area contributed by atoms with E-state index in [1.165, 1.54) is 0 Å². The maximum atomic E-state index is 12.5. The number of methoxy groups -OCH3 is 1. The fraction of sp³-hybridized carbons (Fsp3) is 0.300. The van der Waals surface area contributed by atoms with Gasteiger partial charge < -0.3 is 10.1 Å². The molecule has 0 aliphatic rings. The summed E-state index contributed by atoms with van der Waals surface area (Å²) in [5.74, 6) is -0.0694. The summed E-state index contributed by atoms with van der Waals surface area (Å²) < 4.78 is 6.77. The molecule has 26 heavy (non-hydrogen) atoms. The van der Waals surface area contributed by atoms with Gasteiger partial charge in [0.25, 0.3) is 0 Å². The van der Waals surface area contributed by atoms with Gasteiger partial charge in [0.2, 0.25) is 5.91 Å². The Morgan fingerprint density at radius 3 is 2.77 bits per heavy atom. The number of carbonyl (C=O) groups is 1. The van der Waals surface area contributed by atoms with Gasteiger partial charge in [-0.05, 0) is 31.5 Å². The zero-order chi connectivity index (χ0) is 18.5. The Labute approximate surface area is 157 Å². The highest BCUT2D eigenvalue weighted by Gasteiger charge is 2.21. The predicted octanol–water partition coefficient (Wildman–Crippen LogP) is 4.07. The molecule has 5 nitrogen and oxygen atoms in total. The van der Waals surface area contributed by atoms with Crippen molar-refractivity contribution in [1.29, 1.82) is 0 Å². The Morgan fingerprint density at radius 2 is 2.04 bits per heavy atom. The number of aromatic nitrogens is 2. The van der Waals surface area contributed by atoms with Crippen LogP contribution in [0.4, 0.5) is 0 Å². The van der Waals surface area contributed by atoms with Crippen molar-refractivity contribution in [1.82, 2.24) is 15.1 Å². The lowest BCUT2D eigenvalue weighted by molar-refractivity contribution is -0.124. The third kappa shape index (κ3) is 3.89. The minimum absolute atomic E-state index is 0.0694. The van der Waals surface area contributed by atoms with Crippen LogP contribution in [0.2, 0.25) is 5.02 Å². The van der Waals surface area contributed by atoms with E-state index >= 15 is 0 Å². The maximum absolute atomic E-state index is 12.5. The van der Waals surface area contributed by atoms with E-state index in [0.717, 1.165) is 28.6 Å². The van der Waals surface area contributed by atoms with Crippen molar-refractivity contribution < 1.29 is 9.53 Å². The molecule has 0 fully saturated rings. The second kappa shape index (κ2) is 8.34. The standard InChI is InChI=1S/C20H22ClN3O2/c1-14(20(25)22-11-6-12-26-2)24-18-10-9-16(21)13-17(18)19(23-24)15-7-4-3-5-8-15/h3-5,7-10,13-14H,6,11-12H2,1-2H3,(H,22,25)/t14-/m1/s1. The van der Waals surface area contributed by atoms with Crippen LogP contribution in [-0.2, 0) is 9.53 Å². The van der Waals surface area contributed by atoms with Crippen molar-refractivity contribution in [3.05, 3.63) is 53.6 Å².